The van der Waals surface area contributed by atoms with E-state index in [0.717, 1.165) is 38.8 Å². The highest BCUT2D eigenvalue weighted by molar-refractivity contribution is 6.39. The standard InChI is InChI=1S/C20H26FN3O3/c21-17-10-15(4-6-18(17)23-7-1-2-8-23)22-19(26)20(27)24-11-13-3-5-16(25)9-14(13)12-24/h4,6,10,13-14,16,25H,1-3,5,7-9,11-12H2,(H,22,26). The number of likely N-dealkylation sites (tertiary alicyclic amines) is 1. The zero-order chi connectivity index (χ0) is 19.0. The lowest BCUT2D eigenvalue weighted by Crippen LogP contribution is -2.38. The Morgan fingerprint density at radius 2 is 1.85 bits per heavy atom. The van der Waals surface area contributed by atoms with Gasteiger partial charge in [0.2, 0.25) is 0 Å². The van der Waals surface area contributed by atoms with Crippen molar-refractivity contribution >= 4 is 23.2 Å². The van der Waals surface area contributed by atoms with Gasteiger partial charge in [-0.25, -0.2) is 4.39 Å². The Hall–Kier alpha value is -2.15. The number of carbonyl (C=O) groups excluding carboxylic acids is 2. The van der Waals surface area contributed by atoms with Gasteiger partial charge in [0.05, 0.1) is 11.8 Å². The SMILES string of the molecule is O=C(Nc1ccc(N2CCCC2)c(F)c1)C(=O)N1CC2CCC(O)CC2C1. The zero-order valence-electron chi connectivity index (χ0n) is 15.4. The van der Waals surface area contributed by atoms with Crippen LogP contribution < -0.4 is 10.2 Å². The molecule has 2 saturated heterocycles. The van der Waals surface area contributed by atoms with Gasteiger partial charge in [-0.05, 0) is 62.1 Å². The molecule has 3 fully saturated rings. The van der Waals surface area contributed by atoms with Crippen LogP contribution in [-0.4, -0.2) is 54.1 Å². The monoisotopic (exact) mass is 375 g/mol. The average molecular weight is 375 g/mol. The summed E-state index contributed by atoms with van der Waals surface area (Å²) < 4.78 is 14.4. The molecule has 2 heterocycles. The Kier molecular flexibility index (Phi) is 5.04. The summed E-state index contributed by atoms with van der Waals surface area (Å²) in [6, 6.07) is 4.58. The van der Waals surface area contributed by atoms with Gasteiger partial charge in [0.15, 0.2) is 0 Å². The molecule has 0 aromatic heterocycles. The number of hydrogen-bond donors (Lipinski definition) is 2. The number of benzene rings is 1. The second-order valence-electron chi connectivity index (χ2n) is 8.01. The van der Waals surface area contributed by atoms with E-state index in [-0.39, 0.29) is 17.8 Å². The highest BCUT2D eigenvalue weighted by Gasteiger charge is 2.40. The van der Waals surface area contributed by atoms with Crippen molar-refractivity contribution in [3.63, 3.8) is 0 Å². The van der Waals surface area contributed by atoms with Crippen molar-refractivity contribution in [1.82, 2.24) is 4.90 Å². The normalized spacial score (nSPS) is 27.6. The molecule has 0 radical (unpaired) electrons. The molecular formula is C20H26FN3O3. The molecule has 3 unspecified atom stereocenters. The van der Waals surface area contributed by atoms with Gasteiger partial charge in [-0.1, -0.05) is 0 Å². The molecule has 1 aromatic carbocycles. The second-order valence-corrected chi connectivity index (χ2v) is 8.01. The van der Waals surface area contributed by atoms with Gasteiger partial charge in [-0.15, -0.1) is 0 Å². The molecule has 3 atom stereocenters. The number of carbonyl (C=O) groups is 2. The Morgan fingerprint density at radius 3 is 2.59 bits per heavy atom. The highest BCUT2D eigenvalue weighted by atomic mass is 19.1. The predicted octanol–water partition coefficient (Wildman–Crippen LogP) is 1.98. The first-order valence-electron chi connectivity index (χ1n) is 9.84. The minimum atomic E-state index is -0.734. The Morgan fingerprint density at radius 1 is 1.11 bits per heavy atom. The van der Waals surface area contributed by atoms with Gasteiger partial charge in [0, 0.05) is 31.9 Å². The van der Waals surface area contributed by atoms with Crippen LogP contribution in [0.1, 0.15) is 32.1 Å². The Balaban J connectivity index is 1.37. The number of amides is 2. The average Bonchev–Trinajstić information content (AvgIpc) is 3.30. The van der Waals surface area contributed by atoms with E-state index in [1.807, 2.05) is 4.90 Å². The topological polar surface area (TPSA) is 72.9 Å². The van der Waals surface area contributed by atoms with Crippen LogP contribution >= 0.6 is 0 Å². The molecule has 4 rings (SSSR count). The lowest BCUT2D eigenvalue weighted by atomic mass is 9.80. The number of hydrogen-bond acceptors (Lipinski definition) is 4. The molecule has 0 bridgehead atoms. The van der Waals surface area contributed by atoms with Crippen molar-refractivity contribution in [2.45, 2.75) is 38.2 Å². The van der Waals surface area contributed by atoms with Crippen molar-refractivity contribution in [3.8, 4) is 0 Å². The fourth-order valence-corrected chi connectivity index (χ4v) is 4.70. The molecule has 1 saturated carbocycles. The molecule has 1 aromatic rings. The van der Waals surface area contributed by atoms with E-state index in [2.05, 4.69) is 5.32 Å². The minimum absolute atomic E-state index is 0.266. The van der Waals surface area contributed by atoms with Crippen molar-refractivity contribution in [1.29, 1.82) is 0 Å². The van der Waals surface area contributed by atoms with Crippen LogP contribution in [0.15, 0.2) is 18.2 Å². The van der Waals surface area contributed by atoms with Crippen LogP contribution in [0.4, 0.5) is 15.8 Å². The Bertz CT molecular complexity index is 735. The molecule has 7 heteroatoms. The number of nitrogens with one attached hydrogen (secondary N) is 1. The zero-order valence-corrected chi connectivity index (χ0v) is 15.4. The smallest absolute Gasteiger partial charge is 0.313 e. The van der Waals surface area contributed by atoms with Crippen molar-refractivity contribution in [3.05, 3.63) is 24.0 Å². The van der Waals surface area contributed by atoms with Crippen LogP contribution in [0.3, 0.4) is 0 Å². The summed E-state index contributed by atoms with van der Waals surface area (Å²) in [7, 11) is 0. The number of aliphatic hydroxyl groups is 1. The van der Waals surface area contributed by atoms with Gasteiger partial charge in [0.25, 0.3) is 0 Å². The molecule has 2 amide bonds. The summed E-state index contributed by atoms with van der Waals surface area (Å²) >= 11 is 0. The van der Waals surface area contributed by atoms with Crippen molar-refractivity contribution in [2.75, 3.05) is 36.4 Å². The first-order chi connectivity index (χ1) is 13.0. The number of nitrogens with zero attached hydrogens (tertiary/aromatic N) is 2. The molecule has 2 aliphatic heterocycles. The lowest BCUT2D eigenvalue weighted by molar-refractivity contribution is -0.142. The minimum Gasteiger partial charge on any atom is -0.393 e. The van der Waals surface area contributed by atoms with E-state index in [4.69, 9.17) is 0 Å². The van der Waals surface area contributed by atoms with E-state index in [9.17, 15) is 19.1 Å². The third-order valence-corrected chi connectivity index (χ3v) is 6.16. The quantitative estimate of drug-likeness (QED) is 0.776. The first kappa shape index (κ1) is 18.2. The third kappa shape index (κ3) is 3.78. The van der Waals surface area contributed by atoms with E-state index < -0.39 is 11.8 Å². The lowest BCUT2D eigenvalue weighted by Gasteiger charge is -2.27. The van der Waals surface area contributed by atoms with Crippen molar-refractivity contribution < 1.29 is 19.1 Å². The molecule has 1 aliphatic carbocycles. The molecule has 3 aliphatic rings. The highest BCUT2D eigenvalue weighted by Crippen LogP contribution is 2.36. The van der Waals surface area contributed by atoms with Gasteiger partial charge >= 0.3 is 11.8 Å². The summed E-state index contributed by atoms with van der Waals surface area (Å²) in [6.45, 7) is 2.75. The van der Waals surface area contributed by atoms with E-state index in [1.54, 1.807) is 17.0 Å². The van der Waals surface area contributed by atoms with Gasteiger partial charge in [0.1, 0.15) is 5.82 Å². The van der Waals surface area contributed by atoms with Gasteiger partial charge < -0.3 is 20.2 Å². The van der Waals surface area contributed by atoms with Gasteiger partial charge in [-0.2, -0.15) is 0 Å². The summed E-state index contributed by atoms with van der Waals surface area (Å²) in [6.07, 6.45) is 4.16. The fourth-order valence-electron chi connectivity index (χ4n) is 4.70. The van der Waals surface area contributed by atoms with Crippen LogP contribution in [0, 0.1) is 17.7 Å². The van der Waals surface area contributed by atoms with E-state index in [1.165, 1.54) is 6.07 Å². The van der Waals surface area contributed by atoms with Crippen LogP contribution in [-0.2, 0) is 9.59 Å². The maximum absolute atomic E-state index is 14.4. The third-order valence-electron chi connectivity index (χ3n) is 6.16. The number of halogens is 1. The number of aliphatic hydroxyl groups excluding tert-OH is 1. The maximum atomic E-state index is 14.4. The first-order valence-corrected chi connectivity index (χ1v) is 9.84. The fraction of sp³-hybridized carbons (Fsp3) is 0.600. The summed E-state index contributed by atoms with van der Waals surface area (Å²) in [4.78, 5) is 28.4. The number of anilines is 2. The van der Waals surface area contributed by atoms with Crippen LogP contribution in [0.2, 0.25) is 0 Å². The number of fused-ring (bicyclic) bond motifs is 1. The summed E-state index contributed by atoms with van der Waals surface area (Å²) in [5.74, 6) is -1.07. The summed E-state index contributed by atoms with van der Waals surface area (Å²) in [5, 5.41) is 12.3. The van der Waals surface area contributed by atoms with E-state index >= 15 is 0 Å². The van der Waals surface area contributed by atoms with Crippen LogP contribution in [0.5, 0.6) is 0 Å². The molecular weight excluding hydrogens is 349 g/mol. The summed E-state index contributed by atoms with van der Waals surface area (Å²) in [5.41, 5.74) is 0.833. The second kappa shape index (κ2) is 7.46. The van der Waals surface area contributed by atoms with Gasteiger partial charge in [-0.3, -0.25) is 9.59 Å². The Labute approximate surface area is 158 Å². The predicted molar refractivity (Wildman–Crippen MR) is 99.9 cm³/mol. The largest absolute Gasteiger partial charge is 0.393 e. The molecule has 2 N–H and O–H groups in total. The molecule has 146 valence electrons. The van der Waals surface area contributed by atoms with E-state index in [0.29, 0.717) is 36.8 Å². The van der Waals surface area contributed by atoms with Crippen molar-refractivity contribution in [2.24, 2.45) is 11.8 Å². The molecule has 6 nitrogen and oxygen atoms in total. The van der Waals surface area contributed by atoms with Crippen LogP contribution in [0.25, 0.3) is 0 Å². The number of rotatable bonds is 2. The molecule has 0 spiro atoms. The molecule has 27 heavy (non-hydrogen) atoms. The maximum Gasteiger partial charge on any atom is 0.313 e.